The molecule has 2 aromatic rings. The van der Waals surface area contributed by atoms with Gasteiger partial charge >= 0.3 is 0 Å². The Morgan fingerprint density at radius 1 is 1.03 bits per heavy atom. The maximum atomic E-state index is 13.2. The molecule has 1 aliphatic heterocycles. The van der Waals surface area contributed by atoms with Crippen LogP contribution in [0.5, 0.6) is 0 Å². The highest BCUT2D eigenvalue weighted by molar-refractivity contribution is 9.12. The van der Waals surface area contributed by atoms with E-state index in [2.05, 4.69) is 37.2 Å². The Morgan fingerprint density at radius 3 is 2.29 bits per heavy atom. The number of hydrogen-bond donors (Lipinski definition) is 1. The van der Waals surface area contributed by atoms with Crippen LogP contribution in [0.4, 0.5) is 11.4 Å². The average Bonchev–Trinajstić information content (AvgIpc) is 3.36. The molecular formula is C23H19Br2ClN2O3. The van der Waals surface area contributed by atoms with Crippen molar-refractivity contribution in [2.24, 2.45) is 23.7 Å². The van der Waals surface area contributed by atoms with Gasteiger partial charge in [0.2, 0.25) is 11.8 Å². The molecule has 160 valence electrons. The first-order valence-corrected chi connectivity index (χ1v) is 12.3. The number of benzene rings is 2. The summed E-state index contributed by atoms with van der Waals surface area (Å²) in [4.78, 5) is 41.0. The highest BCUT2D eigenvalue weighted by atomic mass is 79.9. The van der Waals surface area contributed by atoms with Crippen molar-refractivity contribution in [3.63, 3.8) is 0 Å². The number of amides is 3. The van der Waals surface area contributed by atoms with Gasteiger partial charge in [-0.15, -0.1) is 0 Å². The summed E-state index contributed by atoms with van der Waals surface area (Å²) in [6.45, 7) is 1.83. The van der Waals surface area contributed by atoms with Crippen LogP contribution in [0.3, 0.4) is 0 Å². The van der Waals surface area contributed by atoms with E-state index in [1.54, 1.807) is 42.5 Å². The van der Waals surface area contributed by atoms with Crippen molar-refractivity contribution in [3.8, 4) is 0 Å². The van der Waals surface area contributed by atoms with Gasteiger partial charge < -0.3 is 5.32 Å². The lowest BCUT2D eigenvalue weighted by Gasteiger charge is -2.28. The maximum absolute atomic E-state index is 13.2. The van der Waals surface area contributed by atoms with E-state index in [4.69, 9.17) is 11.6 Å². The molecule has 1 saturated heterocycles. The van der Waals surface area contributed by atoms with Crippen LogP contribution in [0.15, 0.2) is 42.5 Å². The van der Waals surface area contributed by atoms with E-state index in [0.29, 0.717) is 22.0 Å². The third-order valence-electron chi connectivity index (χ3n) is 6.87. The number of alkyl halides is 2. The number of halogens is 3. The van der Waals surface area contributed by atoms with Crippen molar-refractivity contribution < 1.29 is 14.4 Å². The Bertz CT molecular complexity index is 1090. The van der Waals surface area contributed by atoms with Crippen LogP contribution in [0.2, 0.25) is 5.02 Å². The molecule has 6 atom stereocenters. The second kappa shape index (κ2) is 7.71. The van der Waals surface area contributed by atoms with Crippen molar-refractivity contribution in [3.05, 3.63) is 58.6 Å². The van der Waals surface area contributed by atoms with Crippen molar-refractivity contribution in [1.82, 2.24) is 0 Å². The molecule has 2 aromatic carbocycles. The number of fused-ring (bicyclic) bond motifs is 5. The summed E-state index contributed by atoms with van der Waals surface area (Å²) in [5.74, 6) is -0.919. The van der Waals surface area contributed by atoms with E-state index in [-0.39, 0.29) is 51.0 Å². The lowest BCUT2D eigenvalue weighted by molar-refractivity contribution is -0.123. The first-order chi connectivity index (χ1) is 14.8. The fourth-order valence-corrected chi connectivity index (χ4v) is 7.37. The molecule has 1 heterocycles. The SMILES string of the molecule is Cc1c(Cl)cccc1NC(=O)c1cccc(N2C(=O)[C@@H]3[C@H]4C[C@@H]([C@H](Br)[C@H]4Br)[C@@H]3C2=O)c1. The molecule has 0 aromatic heterocycles. The van der Waals surface area contributed by atoms with Crippen LogP contribution >= 0.6 is 43.5 Å². The summed E-state index contributed by atoms with van der Waals surface area (Å²) < 4.78 is 0. The Labute approximate surface area is 201 Å². The minimum Gasteiger partial charge on any atom is -0.322 e. The van der Waals surface area contributed by atoms with E-state index >= 15 is 0 Å². The van der Waals surface area contributed by atoms with Gasteiger partial charge in [-0.2, -0.15) is 0 Å². The van der Waals surface area contributed by atoms with Gasteiger partial charge in [-0.3, -0.25) is 19.3 Å². The molecule has 2 aliphatic carbocycles. The predicted octanol–water partition coefficient (Wildman–Crippen LogP) is 5.18. The smallest absolute Gasteiger partial charge is 0.255 e. The molecule has 5 rings (SSSR count). The fraction of sp³-hybridized carbons (Fsp3) is 0.348. The van der Waals surface area contributed by atoms with Crippen molar-refractivity contribution >= 4 is 72.6 Å². The van der Waals surface area contributed by atoms with Gasteiger partial charge in [-0.1, -0.05) is 55.6 Å². The number of carbonyl (C=O) groups is 3. The zero-order valence-corrected chi connectivity index (χ0v) is 20.4. The first-order valence-electron chi connectivity index (χ1n) is 10.1. The second-order valence-electron chi connectivity index (χ2n) is 8.43. The number of nitrogens with one attached hydrogen (secondary N) is 1. The molecule has 31 heavy (non-hydrogen) atoms. The molecular weight excluding hydrogens is 548 g/mol. The third kappa shape index (κ3) is 3.19. The highest BCUT2D eigenvalue weighted by Gasteiger charge is 2.66. The summed E-state index contributed by atoms with van der Waals surface area (Å²) in [6.07, 6.45) is 0.883. The van der Waals surface area contributed by atoms with Crippen molar-refractivity contribution in [2.75, 3.05) is 10.2 Å². The number of imide groups is 1. The van der Waals surface area contributed by atoms with Crippen LogP contribution in [0.1, 0.15) is 22.3 Å². The predicted molar refractivity (Wildman–Crippen MR) is 127 cm³/mol. The standard InChI is InChI=1S/C23H19Br2ClN2O3/c1-10-15(26)6-3-7-16(10)27-21(29)11-4-2-5-12(8-11)28-22(30)17-13-9-14(18(17)23(28)31)20(25)19(13)24/h2-8,13-14,17-20H,9H2,1H3,(H,27,29)/t13-,14-,17-,18+,19+,20+/m1/s1. The molecule has 0 spiro atoms. The van der Waals surface area contributed by atoms with Crippen LogP contribution in [-0.4, -0.2) is 27.4 Å². The minimum absolute atomic E-state index is 0.151. The normalized spacial score (nSPS) is 31.3. The number of carbonyl (C=O) groups excluding carboxylic acids is 3. The lowest BCUT2D eigenvalue weighted by Crippen LogP contribution is -2.37. The monoisotopic (exact) mass is 564 g/mol. The van der Waals surface area contributed by atoms with Crippen molar-refractivity contribution in [2.45, 2.75) is 23.0 Å². The molecule has 2 saturated carbocycles. The largest absolute Gasteiger partial charge is 0.322 e. The van der Waals surface area contributed by atoms with Crippen LogP contribution in [0.25, 0.3) is 0 Å². The Hall–Kier alpha value is -1.70. The van der Waals surface area contributed by atoms with Crippen LogP contribution in [-0.2, 0) is 9.59 Å². The molecule has 0 unspecified atom stereocenters. The quantitative estimate of drug-likeness (QED) is 0.411. The van der Waals surface area contributed by atoms with Gasteiger partial charge in [0.15, 0.2) is 0 Å². The van der Waals surface area contributed by atoms with Gasteiger partial charge in [0.1, 0.15) is 0 Å². The Kier molecular flexibility index (Phi) is 5.26. The van der Waals surface area contributed by atoms with E-state index in [9.17, 15) is 14.4 Å². The molecule has 8 heteroatoms. The Balaban J connectivity index is 1.42. The molecule has 2 bridgehead atoms. The van der Waals surface area contributed by atoms with Gasteiger partial charge in [0.25, 0.3) is 5.91 Å². The summed E-state index contributed by atoms with van der Waals surface area (Å²) in [5.41, 5.74) is 2.20. The van der Waals surface area contributed by atoms with Crippen LogP contribution in [0, 0.1) is 30.6 Å². The number of nitrogens with zero attached hydrogens (tertiary/aromatic N) is 1. The van der Waals surface area contributed by atoms with E-state index in [1.807, 2.05) is 6.92 Å². The first kappa shape index (κ1) is 21.2. The van der Waals surface area contributed by atoms with E-state index in [1.165, 1.54) is 4.90 Å². The van der Waals surface area contributed by atoms with Gasteiger partial charge in [0.05, 0.1) is 17.5 Å². The fourth-order valence-electron chi connectivity index (χ4n) is 5.33. The molecule has 3 fully saturated rings. The van der Waals surface area contributed by atoms with E-state index < -0.39 is 0 Å². The number of hydrogen-bond acceptors (Lipinski definition) is 3. The zero-order chi connectivity index (χ0) is 22.0. The highest BCUT2D eigenvalue weighted by Crippen LogP contribution is 2.60. The summed E-state index contributed by atoms with van der Waals surface area (Å²) in [6, 6.07) is 12.0. The molecule has 5 nitrogen and oxygen atoms in total. The van der Waals surface area contributed by atoms with Crippen LogP contribution < -0.4 is 10.2 Å². The number of rotatable bonds is 3. The molecule has 1 N–H and O–H groups in total. The maximum Gasteiger partial charge on any atom is 0.255 e. The summed E-state index contributed by atoms with van der Waals surface area (Å²) in [7, 11) is 0. The second-order valence-corrected chi connectivity index (χ2v) is 11.0. The number of anilines is 2. The summed E-state index contributed by atoms with van der Waals surface area (Å²) >= 11 is 13.5. The average molecular weight is 567 g/mol. The summed E-state index contributed by atoms with van der Waals surface area (Å²) in [5, 5.41) is 3.42. The molecule has 0 radical (unpaired) electrons. The molecule has 3 amide bonds. The van der Waals surface area contributed by atoms with Gasteiger partial charge in [0, 0.05) is 25.9 Å². The Morgan fingerprint density at radius 2 is 1.65 bits per heavy atom. The lowest BCUT2D eigenvalue weighted by atomic mass is 9.81. The van der Waals surface area contributed by atoms with E-state index in [0.717, 1.165) is 12.0 Å². The zero-order valence-electron chi connectivity index (χ0n) is 16.5. The van der Waals surface area contributed by atoms with Crippen molar-refractivity contribution in [1.29, 1.82) is 0 Å². The topological polar surface area (TPSA) is 66.5 Å². The third-order valence-corrected chi connectivity index (χ3v) is 10.5. The molecule has 3 aliphatic rings. The van der Waals surface area contributed by atoms with Gasteiger partial charge in [-0.05, 0) is 61.1 Å². The van der Waals surface area contributed by atoms with Gasteiger partial charge in [-0.25, -0.2) is 0 Å². The minimum atomic E-state index is -0.326.